The number of fused-ring (bicyclic) bond motifs is 1. The zero-order chi connectivity index (χ0) is 20.4. The number of urea groups is 1. The number of likely N-dealkylation sites (tertiary alicyclic amines) is 1. The van der Waals surface area contributed by atoms with Crippen LogP contribution in [0.15, 0.2) is 48.5 Å². The van der Waals surface area contributed by atoms with Crippen LogP contribution in [0.5, 0.6) is 5.75 Å². The summed E-state index contributed by atoms with van der Waals surface area (Å²) in [6, 6.07) is 14.4. The second-order valence-corrected chi connectivity index (χ2v) is 7.81. The fourth-order valence-corrected chi connectivity index (χ4v) is 3.74. The number of methoxy groups -OCH3 is 1. The summed E-state index contributed by atoms with van der Waals surface area (Å²) in [5.74, 6) is 1.06. The molecule has 0 bridgehead atoms. The van der Waals surface area contributed by atoms with Crippen LogP contribution in [-0.4, -0.2) is 47.7 Å². The van der Waals surface area contributed by atoms with Crippen LogP contribution in [-0.2, 0) is 17.8 Å². The number of nitrogens with one attached hydrogen (secondary N) is 2. The first-order valence-electron chi connectivity index (χ1n) is 9.72. The van der Waals surface area contributed by atoms with Crippen molar-refractivity contribution < 1.29 is 19.4 Å². The van der Waals surface area contributed by atoms with Gasteiger partial charge in [0, 0.05) is 31.2 Å². The van der Waals surface area contributed by atoms with Gasteiger partial charge in [-0.05, 0) is 41.8 Å². The van der Waals surface area contributed by atoms with Gasteiger partial charge in [-0.3, -0.25) is 4.79 Å². The molecule has 2 atom stereocenters. The van der Waals surface area contributed by atoms with E-state index in [2.05, 4.69) is 10.6 Å². The molecule has 2 unspecified atom stereocenters. The summed E-state index contributed by atoms with van der Waals surface area (Å²) in [6.45, 7) is 1.51. The number of β-amino-alcohol motifs (C(OH)–C–C–N with tert-alkyl or cyclic N) is 1. The van der Waals surface area contributed by atoms with Gasteiger partial charge in [0.25, 0.3) is 0 Å². The number of nitrogens with zero attached hydrogens (tertiary/aromatic N) is 1. The molecule has 2 aliphatic rings. The lowest BCUT2D eigenvalue weighted by molar-refractivity contribution is -0.130. The number of anilines is 1. The van der Waals surface area contributed by atoms with Gasteiger partial charge in [-0.25, -0.2) is 4.79 Å². The highest BCUT2D eigenvalue weighted by molar-refractivity contribution is 5.89. The summed E-state index contributed by atoms with van der Waals surface area (Å²) in [4.78, 5) is 26.2. The quantitative estimate of drug-likeness (QED) is 0.699. The first-order valence-corrected chi connectivity index (χ1v) is 9.72. The molecular formula is C22H25N3O4. The van der Waals surface area contributed by atoms with Crippen LogP contribution in [0, 0.1) is 5.92 Å². The second-order valence-electron chi connectivity index (χ2n) is 7.81. The zero-order valence-electron chi connectivity index (χ0n) is 16.4. The lowest BCUT2D eigenvalue weighted by Gasteiger charge is -2.19. The van der Waals surface area contributed by atoms with Crippen molar-refractivity contribution in [3.05, 3.63) is 59.7 Å². The Hall–Kier alpha value is -3.06. The number of carbonyl (C=O) groups is 2. The van der Waals surface area contributed by atoms with Gasteiger partial charge in [-0.1, -0.05) is 24.3 Å². The number of piperidine rings is 1. The van der Waals surface area contributed by atoms with Gasteiger partial charge >= 0.3 is 6.03 Å². The topological polar surface area (TPSA) is 90.9 Å². The fourth-order valence-electron chi connectivity index (χ4n) is 3.74. The molecule has 7 heteroatoms. The van der Waals surface area contributed by atoms with Crippen LogP contribution in [0.3, 0.4) is 0 Å². The van der Waals surface area contributed by atoms with Crippen LogP contribution in [0.25, 0.3) is 0 Å². The molecule has 29 heavy (non-hydrogen) atoms. The number of amides is 3. The highest BCUT2D eigenvalue weighted by Crippen LogP contribution is 2.49. The first-order chi connectivity index (χ1) is 13.9. The summed E-state index contributed by atoms with van der Waals surface area (Å²) in [5.41, 5.74) is 1.89. The molecule has 3 N–H and O–H groups in total. The largest absolute Gasteiger partial charge is 0.497 e. The summed E-state index contributed by atoms with van der Waals surface area (Å²) in [7, 11) is 1.61. The van der Waals surface area contributed by atoms with Crippen molar-refractivity contribution in [3.63, 3.8) is 0 Å². The molecule has 1 heterocycles. The molecule has 0 radical (unpaired) electrons. The number of carbonyl (C=O) groups excluding carboxylic acids is 2. The molecule has 1 saturated heterocycles. The maximum atomic E-state index is 12.4. The average molecular weight is 395 g/mol. The average Bonchev–Trinajstić information content (AvgIpc) is 3.24. The van der Waals surface area contributed by atoms with E-state index >= 15 is 0 Å². The van der Waals surface area contributed by atoms with Gasteiger partial charge in [0.2, 0.25) is 5.91 Å². The third kappa shape index (κ3) is 4.51. The van der Waals surface area contributed by atoms with Crippen molar-refractivity contribution in [1.82, 2.24) is 10.2 Å². The molecule has 1 aliphatic carbocycles. The van der Waals surface area contributed by atoms with Crippen molar-refractivity contribution in [1.29, 1.82) is 0 Å². The van der Waals surface area contributed by atoms with Crippen molar-refractivity contribution in [3.8, 4) is 5.75 Å². The molecule has 0 aromatic heterocycles. The van der Waals surface area contributed by atoms with Crippen molar-refractivity contribution in [2.75, 3.05) is 25.5 Å². The van der Waals surface area contributed by atoms with Crippen molar-refractivity contribution in [2.24, 2.45) is 5.92 Å². The van der Waals surface area contributed by atoms with Crippen LogP contribution < -0.4 is 15.4 Å². The third-order valence-corrected chi connectivity index (χ3v) is 5.64. The minimum atomic E-state index is -0.622. The highest BCUT2D eigenvalue weighted by Gasteiger charge is 2.59. The summed E-state index contributed by atoms with van der Waals surface area (Å²) in [5, 5.41) is 15.7. The van der Waals surface area contributed by atoms with Gasteiger partial charge < -0.3 is 25.4 Å². The number of ether oxygens (including phenoxy) is 1. The Labute approximate surface area is 169 Å². The van der Waals surface area contributed by atoms with Crippen LogP contribution in [0.2, 0.25) is 0 Å². The Balaban J connectivity index is 1.23. The summed E-state index contributed by atoms with van der Waals surface area (Å²) in [6.07, 6.45) is 1.12. The minimum Gasteiger partial charge on any atom is -0.497 e. The van der Waals surface area contributed by atoms with E-state index in [0.717, 1.165) is 23.3 Å². The Morgan fingerprint density at radius 3 is 2.45 bits per heavy atom. The van der Waals surface area contributed by atoms with Gasteiger partial charge in [0.15, 0.2) is 0 Å². The highest BCUT2D eigenvalue weighted by atomic mass is 16.5. The standard InChI is InChI=1S/C22H25N3O4/c1-29-19-8-4-16(5-9-19)12-23-21(27)24-18-6-2-15(3-7-18)10-20(26)25-13-17-11-22(17,28)14-25/h2-9,17,28H,10-14H2,1H3,(H2,23,24,27). The predicted molar refractivity (Wildman–Crippen MR) is 109 cm³/mol. The molecule has 1 saturated carbocycles. The molecule has 152 valence electrons. The Morgan fingerprint density at radius 1 is 1.14 bits per heavy atom. The van der Waals surface area contributed by atoms with E-state index in [1.807, 2.05) is 36.4 Å². The molecular weight excluding hydrogens is 370 g/mol. The zero-order valence-corrected chi connectivity index (χ0v) is 16.4. The van der Waals surface area contributed by atoms with E-state index in [0.29, 0.717) is 31.7 Å². The van der Waals surface area contributed by atoms with Gasteiger partial charge in [-0.2, -0.15) is 0 Å². The van der Waals surface area contributed by atoms with Gasteiger partial charge in [0.1, 0.15) is 5.75 Å². The fraction of sp³-hybridized carbons (Fsp3) is 0.364. The first kappa shape index (κ1) is 19.3. The van der Waals surface area contributed by atoms with E-state index in [9.17, 15) is 14.7 Å². The molecule has 2 aromatic rings. The summed E-state index contributed by atoms with van der Waals surface area (Å²) < 4.78 is 5.11. The minimum absolute atomic E-state index is 0.0311. The van der Waals surface area contributed by atoms with Gasteiger partial charge in [0.05, 0.1) is 19.1 Å². The Kier molecular flexibility index (Phi) is 5.15. The molecule has 2 aromatic carbocycles. The number of benzene rings is 2. The van der Waals surface area contributed by atoms with E-state index in [1.165, 1.54) is 0 Å². The maximum Gasteiger partial charge on any atom is 0.319 e. The number of hydrogen-bond donors (Lipinski definition) is 3. The number of rotatable bonds is 6. The number of hydrogen-bond acceptors (Lipinski definition) is 4. The van der Waals surface area contributed by atoms with Crippen LogP contribution >= 0.6 is 0 Å². The molecule has 7 nitrogen and oxygen atoms in total. The van der Waals surface area contributed by atoms with E-state index in [4.69, 9.17) is 4.74 Å². The third-order valence-electron chi connectivity index (χ3n) is 5.64. The Morgan fingerprint density at radius 2 is 1.83 bits per heavy atom. The Bertz CT molecular complexity index is 897. The van der Waals surface area contributed by atoms with E-state index in [1.54, 1.807) is 24.1 Å². The summed E-state index contributed by atoms with van der Waals surface area (Å²) >= 11 is 0. The molecule has 2 fully saturated rings. The molecule has 0 spiro atoms. The smallest absolute Gasteiger partial charge is 0.319 e. The molecule has 3 amide bonds. The second kappa shape index (κ2) is 7.75. The van der Waals surface area contributed by atoms with E-state index < -0.39 is 5.60 Å². The predicted octanol–water partition coefficient (Wildman–Crippen LogP) is 2.15. The number of aliphatic hydroxyl groups is 1. The van der Waals surface area contributed by atoms with Gasteiger partial charge in [-0.15, -0.1) is 0 Å². The lowest BCUT2D eigenvalue weighted by Crippen LogP contribution is -2.34. The van der Waals surface area contributed by atoms with E-state index in [-0.39, 0.29) is 17.9 Å². The van der Waals surface area contributed by atoms with Crippen molar-refractivity contribution in [2.45, 2.75) is 25.0 Å². The maximum absolute atomic E-state index is 12.4. The van der Waals surface area contributed by atoms with Crippen molar-refractivity contribution >= 4 is 17.6 Å². The lowest BCUT2D eigenvalue weighted by atomic mass is 10.1. The monoisotopic (exact) mass is 395 g/mol. The van der Waals surface area contributed by atoms with Crippen LogP contribution in [0.1, 0.15) is 17.5 Å². The normalized spacial score (nSPS) is 22.0. The molecule has 4 rings (SSSR count). The molecule has 1 aliphatic heterocycles. The van der Waals surface area contributed by atoms with Crippen LogP contribution in [0.4, 0.5) is 10.5 Å². The SMILES string of the molecule is COc1ccc(CNC(=O)Nc2ccc(CC(=O)N3CC4CC4(O)C3)cc2)cc1.